The third-order valence-corrected chi connectivity index (χ3v) is 3.63. The first kappa shape index (κ1) is 16.7. The predicted molar refractivity (Wildman–Crippen MR) is 83.3 cm³/mol. The lowest BCUT2D eigenvalue weighted by Crippen LogP contribution is -2.47. The molecule has 0 bridgehead atoms. The minimum atomic E-state index is -0.451. The van der Waals surface area contributed by atoms with Crippen LogP contribution in [0.3, 0.4) is 0 Å². The topological polar surface area (TPSA) is 58.4 Å². The van der Waals surface area contributed by atoms with Crippen molar-refractivity contribution in [3.63, 3.8) is 0 Å². The molecule has 4 heteroatoms. The highest BCUT2D eigenvalue weighted by atomic mass is 16.2. The average Bonchev–Trinajstić information content (AvgIpc) is 2.45. The van der Waals surface area contributed by atoms with Crippen LogP contribution in [-0.4, -0.2) is 37.5 Å². The third-order valence-electron chi connectivity index (χ3n) is 3.63. The van der Waals surface area contributed by atoms with Crippen LogP contribution in [0.25, 0.3) is 0 Å². The van der Waals surface area contributed by atoms with Crippen molar-refractivity contribution in [1.82, 2.24) is 10.2 Å². The van der Waals surface area contributed by atoms with Gasteiger partial charge in [-0.05, 0) is 25.6 Å². The molecule has 0 aromatic heterocycles. The summed E-state index contributed by atoms with van der Waals surface area (Å²) in [4.78, 5) is 14.3. The number of amides is 1. The molecule has 0 aliphatic carbocycles. The van der Waals surface area contributed by atoms with Crippen LogP contribution in [0, 0.1) is 5.92 Å². The van der Waals surface area contributed by atoms with Gasteiger partial charge < -0.3 is 16.0 Å². The van der Waals surface area contributed by atoms with Gasteiger partial charge in [-0.1, -0.05) is 50.6 Å². The SMILES string of the molecule is CC[C@H](C)[C@H](N)C(=O)NC(CN(C)C)c1ccccc1. The Morgan fingerprint density at radius 1 is 1.30 bits per heavy atom. The number of carbonyl (C=O) groups excluding carboxylic acids is 1. The van der Waals surface area contributed by atoms with E-state index in [0.29, 0.717) is 0 Å². The number of benzene rings is 1. The van der Waals surface area contributed by atoms with Crippen LogP contribution in [0.5, 0.6) is 0 Å². The first-order chi connectivity index (χ1) is 9.45. The fourth-order valence-corrected chi connectivity index (χ4v) is 2.07. The molecule has 4 nitrogen and oxygen atoms in total. The Kier molecular flexibility index (Phi) is 6.68. The van der Waals surface area contributed by atoms with Gasteiger partial charge in [-0.3, -0.25) is 4.79 Å². The maximum atomic E-state index is 12.3. The molecule has 0 heterocycles. The molecule has 0 radical (unpaired) electrons. The van der Waals surface area contributed by atoms with Crippen LogP contribution in [0.4, 0.5) is 0 Å². The fourth-order valence-electron chi connectivity index (χ4n) is 2.07. The molecule has 0 aliphatic heterocycles. The monoisotopic (exact) mass is 277 g/mol. The minimum absolute atomic E-state index is 0.0335. The van der Waals surface area contributed by atoms with Crippen LogP contribution in [0.15, 0.2) is 30.3 Å². The van der Waals surface area contributed by atoms with Gasteiger partial charge >= 0.3 is 0 Å². The molecule has 1 rings (SSSR count). The van der Waals surface area contributed by atoms with E-state index in [-0.39, 0.29) is 17.9 Å². The molecule has 20 heavy (non-hydrogen) atoms. The van der Waals surface area contributed by atoms with Gasteiger partial charge in [0.15, 0.2) is 0 Å². The average molecular weight is 277 g/mol. The Hall–Kier alpha value is -1.39. The smallest absolute Gasteiger partial charge is 0.237 e. The van der Waals surface area contributed by atoms with Crippen molar-refractivity contribution < 1.29 is 4.79 Å². The number of rotatable bonds is 7. The molecule has 0 saturated heterocycles. The van der Waals surface area contributed by atoms with E-state index >= 15 is 0 Å². The Morgan fingerprint density at radius 2 is 1.90 bits per heavy atom. The van der Waals surface area contributed by atoms with E-state index < -0.39 is 6.04 Å². The maximum absolute atomic E-state index is 12.3. The summed E-state index contributed by atoms with van der Waals surface area (Å²) in [6.45, 7) is 4.81. The fraction of sp³-hybridized carbons (Fsp3) is 0.562. The van der Waals surface area contributed by atoms with Crippen LogP contribution < -0.4 is 11.1 Å². The molecule has 112 valence electrons. The number of carbonyl (C=O) groups is 1. The zero-order valence-electron chi connectivity index (χ0n) is 13.0. The second kappa shape index (κ2) is 8.02. The summed E-state index contributed by atoms with van der Waals surface area (Å²) in [6, 6.07) is 9.52. The largest absolute Gasteiger partial charge is 0.347 e. The quantitative estimate of drug-likeness (QED) is 0.798. The van der Waals surface area contributed by atoms with Crippen molar-refractivity contribution >= 4 is 5.91 Å². The predicted octanol–water partition coefficient (Wildman–Crippen LogP) is 1.78. The van der Waals surface area contributed by atoms with Crippen molar-refractivity contribution in [2.24, 2.45) is 11.7 Å². The van der Waals surface area contributed by atoms with Crippen molar-refractivity contribution in [3.05, 3.63) is 35.9 Å². The van der Waals surface area contributed by atoms with Crippen LogP contribution in [-0.2, 0) is 4.79 Å². The summed E-state index contributed by atoms with van der Waals surface area (Å²) < 4.78 is 0. The molecule has 0 spiro atoms. The summed E-state index contributed by atoms with van der Waals surface area (Å²) in [7, 11) is 3.99. The number of nitrogens with zero attached hydrogens (tertiary/aromatic N) is 1. The lowest BCUT2D eigenvalue weighted by molar-refractivity contribution is -0.124. The lowest BCUT2D eigenvalue weighted by Gasteiger charge is -2.26. The molecule has 1 aromatic carbocycles. The van der Waals surface area contributed by atoms with Gasteiger partial charge in [0.1, 0.15) is 0 Å². The highest BCUT2D eigenvalue weighted by Gasteiger charge is 2.23. The molecular weight excluding hydrogens is 250 g/mol. The van der Waals surface area contributed by atoms with Crippen LogP contribution in [0.2, 0.25) is 0 Å². The standard InChI is InChI=1S/C16H27N3O/c1-5-12(2)15(17)16(20)18-14(11-19(3)4)13-9-7-6-8-10-13/h6-10,12,14-15H,5,11,17H2,1-4H3,(H,18,20)/t12-,14?,15-/m0/s1. The van der Waals surface area contributed by atoms with E-state index in [1.54, 1.807) is 0 Å². The zero-order valence-corrected chi connectivity index (χ0v) is 13.0. The summed E-state index contributed by atoms with van der Waals surface area (Å²) >= 11 is 0. The summed E-state index contributed by atoms with van der Waals surface area (Å²) in [5.74, 6) is 0.112. The van der Waals surface area contributed by atoms with E-state index in [0.717, 1.165) is 18.5 Å². The Morgan fingerprint density at radius 3 is 2.40 bits per heavy atom. The van der Waals surface area contributed by atoms with E-state index in [1.807, 2.05) is 58.3 Å². The summed E-state index contributed by atoms with van der Waals surface area (Å²) in [5, 5.41) is 3.07. The summed E-state index contributed by atoms with van der Waals surface area (Å²) in [6.07, 6.45) is 0.901. The summed E-state index contributed by atoms with van der Waals surface area (Å²) in [5.41, 5.74) is 7.11. The van der Waals surface area contributed by atoms with Gasteiger partial charge in [0.05, 0.1) is 12.1 Å². The van der Waals surface area contributed by atoms with Gasteiger partial charge in [0.25, 0.3) is 0 Å². The molecular formula is C16H27N3O. The molecule has 1 unspecified atom stereocenters. The van der Waals surface area contributed by atoms with Gasteiger partial charge in [-0.15, -0.1) is 0 Å². The Bertz CT molecular complexity index is 405. The van der Waals surface area contributed by atoms with Gasteiger partial charge in [0.2, 0.25) is 5.91 Å². The number of hydrogen-bond acceptors (Lipinski definition) is 3. The van der Waals surface area contributed by atoms with E-state index in [9.17, 15) is 4.79 Å². The number of nitrogens with two attached hydrogens (primary N) is 1. The Labute approximate surface area is 122 Å². The van der Waals surface area contributed by atoms with Crippen molar-refractivity contribution in [2.45, 2.75) is 32.4 Å². The molecule has 0 aliphatic rings. The number of nitrogens with one attached hydrogen (secondary N) is 1. The molecule has 3 N–H and O–H groups in total. The minimum Gasteiger partial charge on any atom is -0.347 e. The number of likely N-dealkylation sites (N-methyl/N-ethyl adjacent to an activating group) is 1. The zero-order chi connectivity index (χ0) is 15.1. The second-order valence-corrected chi connectivity index (χ2v) is 5.65. The third kappa shape index (κ3) is 4.94. The van der Waals surface area contributed by atoms with E-state index in [2.05, 4.69) is 10.2 Å². The normalized spacial score (nSPS) is 15.7. The molecule has 0 fully saturated rings. The van der Waals surface area contributed by atoms with Gasteiger partial charge in [0, 0.05) is 6.54 Å². The number of hydrogen-bond donors (Lipinski definition) is 2. The molecule has 1 aromatic rings. The van der Waals surface area contributed by atoms with Crippen molar-refractivity contribution in [3.8, 4) is 0 Å². The Balaban J connectivity index is 2.78. The first-order valence-electron chi connectivity index (χ1n) is 7.21. The maximum Gasteiger partial charge on any atom is 0.237 e. The van der Waals surface area contributed by atoms with Crippen LogP contribution >= 0.6 is 0 Å². The first-order valence-corrected chi connectivity index (χ1v) is 7.21. The highest BCUT2D eigenvalue weighted by Crippen LogP contribution is 2.14. The second-order valence-electron chi connectivity index (χ2n) is 5.65. The van der Waals surface area contributed by atoms with E-state index in [4.69, 9.17) is 5.73 Å². The molecule has 3 atom stereocenters. The highest BCUT2D eigenvalue weighted by molar-refractivity contribution is 5.82. The van der Waals surface area contributed by atoms with Crippen LogP contribution in [0.1, 0.15) is 31.9 Å². The van der Waals surface area contributed by atoms with E-state index in [1.165, 1.54) is 0 Å². The molecule has 0 saturated carbocycles. The van der Waals surface area contributed by atoms with Gasteiger partial charge in [-0.25, -0.2) is 0 Å². The van der Waals surface area contributed by atoms with Gasteiger partial charge in [-0.2, -0.15) is 0 Å². The van der Waals surface area contributed by atoms with Crippen molar-refractivity contribution in [2.75, 3.05) is 20.6 Å². The lowest BCUT2D eigenvalue weighted by atomic mass is 9.98. The van der Waals surface area contributed by atoms with Crippen molar-refractivity contribution in [1.29, 1.82) is 0 Å². The molecule has 1 amide bonds.